The van der Waals surface area contributed by atoms with E-state index in [-0.39, 0.29) is 0 Å². The molecule has 1 aliphatic carbocycles. The highest BCUT2D eigenvalue weighted by Crippen LogP contribution is 2.35. The Morgan fingerprint density at radius 2 is 2.00 bits per heavy atom. The van der Waals surface area contributed by atoms with E-state index in [9.17, 15) is 0 Å². The molecule has 2 rings (SSSR count). The molecule has 1 N–H and O–H groups in total. The third kappa shape index (κ3) is 3.89. The van der Waals surface area contributed by atoms with Crippen LogP contribution in [0.1, 0.15) is 51.1 Å². The van der Waals surface area contributed by atoms with Crippen molar-refractivity contribution < 1.29 is 9.47 Å². The molecule has 1 saturated carbocycles. The van der Waals surface area contributed by atoms with Crippen LogP contribution in [0.25, 0.3) is 0 Å². The standard InChI is InChI=1S/C17H27NO2/c1-5-14(10-13-6-7-13)18-12(2)16-9-8-15(19-3)11-17(16)20-4/h8-9,11-14,18H,5-7,10H2,1-4H3. The van der Waals surface area contributed by atoms with E-state index < -0.39 is 0 Å². The maximum atomic E-state index is 5.50. The Morgan fingerprint density at radius 1 is 1.25 bits per heavy atom. The van der Waals surface area contributed by atoms with Gasteiger partial charge in [0.05, 0.1) is 14.2 Å². The maximum absolute atomic E-state index is 5.50. The molecule has 20 heavy (non-hydrogen) atoms. The molecule has 2 atom stereocenters. The molecule has 3 heteroatoms. The zero-order valence-corrected chi connectivity index (χ0v) is 13.1. The first kappa shape index (κ1) is 15.2. The van der Waals surface area contributed by atoms with Gasteiger partial charge in [0.25, 0.3) is 0 Å². The average molecular weight is 277 g/mol. The third-order valence-corrected chi connectivity index (χ3v) is 4.20. The Labute approximate surface area is 122 Å². The molecular weight excluding hydrogens is 250 g/mol. The molecule has 1 aromatic carbocycles. The van der Waals surface area contributed by atoms with Crippen molar-refractivity contribution in [3.63, 3.8) is 0 Å². The number of benzene rings is 1. The second kappa shape index (κ2) is 6.98. The zero-order chi connectivity index (χ0) is 14.5. The molecule has 0 saturated heterocycles. The summed E-state index contributed by atoms with van der Waals surface area (Å²) in [4.78, 5) is 0. The zero-order valence-electron chi connectivity index (χ0n) is 13.1. The van der Waals surface area contributed by atoms with E-state index in [1.807, 2.05) is 12.1 Å². The summed E-state index contributed by atoms with van der Waals surface area (Å²) in [7, 11) is 3.39. The highest BCUT2D eigenvalue weighted by molar-refractivity contribution is 5.42. The highest BCUT2D eigenvalue weighted by Gasteiger charge is 2.25. The molecule has 3 nitrogen and oxygen atoms in total. The lowest BCUT2D eigenvalue weighted by Gasteiger charge is -2.24. The van der Waals surface area contributed by atoms with Gasteiger partial charge in [-0.15, -0.1) is 0 Å². The van der Waals surface area contributed by atoms with Crippen LogP contribution in [0.4, 0.5) is 0 Å². The lowest BCUT2D eigenvalue weighted by molar-refractivity contribution is 0.370. The molecule has 0 spiro atoms. The Hall–Kier alpha value is -1.22. The fourth-order valence-corrected chi connectivity index (χ4v) is 2.73. The van der Waals surface area contributed by atoms with Crippen LogP contribution in [-0.2, 0) is 0 Å². The van der Waals surface area contributed by atoms with E-state index in [0.717, 1.165) is 17.4 Å². The predicted octanol–water partition coefficient (Wildman–Crippen LogP) is 3.93. The molecule has 112 valence electrons. The summed E-state index contributed by atoms with van der Waals surface area (Å²) in [5, 5.41) is 3.75. The second-order valence-corrected chi connectivity index (χ2v) is 5.78. The quantitative estimate of drug-likeness (QED) is 0.781. The first-order valence-electron chi connectivity index (χ1n) is 7.65. The number of nitrogens with one attached hydrogen (secondary N) is 1. The molecule has 0 aromatic heterocycles. The maximum Gasteiger partial charge on any atom is 0.127 e. The first-order chi connectivity index (χ1) is 9.67. The minimum Gasteiger partial charge on any atom is -0.497 e. The molecule has 1 aliphatic rings. The van der Waals surface area contributed by atoms with Gasteiger partial charge >= 0.3 is 0 Å². The van der Waals surface area contributed by atoms with E-state index in [1.165, 1.54) is 31.2 Å². The van der Waals surface area contributed by atoms with Crippen molar-refractivity contribution in [3.8, 4) is 11.5 Å². The summed E-state index contributed by atoms with van der Waals surface area (Å²) in [6, 6.07) is 6.94. The van der Waals surface area contributed by atoms with Crippen LogP contribution in [0.3, 0.4) is 0 Å². The van der Waals surface area contributed by atoms with Gasteiger partial charge in [0.2, 0.25) is 0 Å². The number of rotatable bonds is 8. The lowest BCUT2D eigenvalue weighted by Crippen LogP contribution is -2.31. The minimum absolute atomic E-state index is 0.291. The molecule has 0 heterocycles. The van der Waals surface area contributed by atoms with Gasteiger partial charge in [-0.2, -0.15) is 0 Å². The number of hydrogen-bond donors (Lipinski definition) is 1. The highest BCUT2D eigenvalue weighted by atomic mass is 16.5. The Balaban J connectivity index is 2.04. The van der Waals surface area contributed by atoms with Crippen molar-refractivity contribution >= 4 is 0 Å². The number of ether oxygens (including phenoxy) is 2. The normalized spacial score (nSPS) is 17.6. The van der Waals surface area contributed by atoms with Gasteiger partial charge in [-0.1, -0.05) is 25.8 Å². The van der Waals surface area contributed by atoms with E-state index >= 15 is 0 Å². The van der Waals surface area contributed by atoms with Gasteiger partial charge in [0, 0.05) is 23.7 Å². The Kier molecular flexibility index (Phi) is 5.30. The fraction of sp³-hybridized carbons (Fsp3) is 0.647. The van der Waals surface area contributed by atoms with Crippen LogP contribution in [0.2, 0.25) is 0 Å². The molecule has 1 aromatic rings. The molecule has 1 fully saturated rings. The lowest BCUT2D eigenvalue weighted by atomic mass is 10.0. The summed E-state index contributed by atoms with van der Waals surface area (Å²) < 4.78 is 10.8. The van der Waals surface area contributed by atoms with Crippen molar-refractivity contribution in [2.45, 2.75) is 51.6 Å². The van der Waals surface area contributed by atoms with Crippen LogP contribution >= 0.6 is 0 Å². The van der Waals surface area contributed by atoms with Crippen molar-refractivity contribution in [1.29, 1.82) is 0 Å². The number of hydrogen-bond acceptors (Lipinski definition) is 3. The van der Waals surface area contributed by atoms with Gasteiger partial charge in [-0.25, -0.2) is 0 Å². The summed E-state index contributed by atoms with van der Waals surface area (Å²) in [6.07, 6.45) is 5.31. The van der Waals surface area contributed by atoms with Crippen molar-refractivity contribution in [2.24, 2.45) is 5.92 Å². The van der Waals surface area contributed by atoms with Crippen molar-refractivity contribution in [1.82, 2.24) is 5.32 Å². The smallest absolute Gasteiger partial charge is 0.127 e. The summed E-state index contributed by atoms with van der Waals surface area (Å²) in [5.41, 5.74) is 1.20. The van der Waals surface area contributed by atoms with E-state index in [2.05, 4.69) is 25.2 Å². The van der Waals surface area contributed by atoms with Gasteiger partial charge in [0.15, 0.2) is 0 Å². The Bertz CT molecular complexity index is 429. The van der Waals surface area contributed by atoms with Crippen LogP contribution in [0.5, 0.6) is 11.5 Å². The van der Waals surface area contributed by atoms with Crippen LogP contribution in [0.15, 0.2) is 18.2 Å². The monoisotopic (exact) mass is 277 g/mol. The van der Waals surface area contributed by atoms with E-state index in [1.54, 1.807) is 14.2 Å². The topological polar surface area (TPSA) is 30.5 Å². The van der Waals surface area contributed by atoms with Gasteiger partial charge in [-0.05, 0) is 31.7 Å². The number of methoxy groups -OCH3 is 2. The first-order valence-corrected chi connectivity index (χ1v) is 7.65. The van der Waals surface area contributed by atoms with Gasteiger partial charge < -0.3 is 14.8 Å². The SMILES string of the molecule is CCC(CC1CC1)NC(C)c1ccc(OC)cc1OC. The molecule has 0 bridgehead atoms. The van der Waals surface area contributed by atoms with Gasteiger partial charge in [0.1, 0.15) is 11.5 Å². The van der Waals surface area contributed by atoms with Gasteiger partial charge in [-0.3, -0.25) is 0 Å². The van der Waals surface area contributed by atoms with E-state index in [0.29, 0.717) is 12.1 Å². The van der Waals surface area contributed by atoms with Crippen LogP contribution < -0.4 is 14.8 Å². The molecule has 2 unspecified atom stereocenters. The van der Waals surface area contributed by atoms with Crippen molar-refractivity contribution in [3.05, 3.63) is 23.8 Å². The van der Waals surface area contributed by atoms with Crippen LogP contribution in [-0.4, -0.2) is 20.3 Å². The molecule has 0 aliphatic heterocycles. The summed E-state index contributed by atoms with van der Waals surface area (Å²) in [5.74, 6) is 2.69. The largest absolute Gasteiger partial charge is 0.497 e. The van der Waals surface area contributed by atoms with Crippen LogP contribution in [0, 0.1) is 5.92 Å². The second-order valence-electron chi connectivity index (χ2n) is 5.78. The Morgan fingerprint density at radius 3 is 2.55 bits per heavy atom. The minimum atomic E-state index is 0.291. The third-order valence-electron chi connectivity index (χ3n) is 4.20. The molecular formula is C17H27NO2. The average Bonchev–Trinajstić information content (AvgIpc) is 3.29. The predicted molar refractivity (Wildman–Crippen MR) is 82.5 cm³/mol. The van der Waals surface area contributed by atoms with E-state index in [4.69, 9.17) is 9.47 Å². The summed E-state index contributed by atoms with van der Waals surface area (Å²) >= 11 is 0. The summed E-state index contributed by atoms with van der Waals surface area (Å²) in [6.45, 7) is 4.47. The van der Waals surface area contributed by atoms with Crippen molar-refractivity contribution in [2.75, 3.05) is 14.2 Å². The molecule has 0 amide bonds. The molecule has 0 radical (unpaired) electrons. The fourth-order valence-electron chi connectivity index (χ4n) is 2.73.